The number of hydrogen-bond acceptors (Lipinski definition) is 4. The Morgan fingerprint density at radius 3 is 2.45 bits per heavy atom. The first-order valence-corrected chi connectivity index (χ1v) is 11.8. The number of ketones is 1. The van der Waals surface area contributed by atoms with Crippen molar-refractivity contribution < 1.29 is 9.90 Å². The van der Waals surface area contributed by atoms with Crippen molar-refractivity contribution in [3.05, 3.63) is 12.4 Å². The number of hydrogen-bond donors (Lipinski definition) is 1. The summed E-state index contributed by atoms with van der Waals surface area (Å²) < 4.78 is 0. The highest BCUT2D eigenvalue weighted by atomic mass is 16.3. The molecule has 1 aromatic rings. The largest absolute Gasteiger partial charge is 0.390 e. The Labute approximate surface area is 174 Å². The Morgan fingerprint density at radius 1 is 0.966 bits per heavy atom. The fourth-order valence-corrected chi connectivity index (χ4v) is 8.53. The van der Waals surface area contributed by atoms with Crippen LogP contribution in [0.25, 0.3) is 0 Å². The molecular formula is C24H37N3O2. The molecule has 4 fully saturated rings. The van der Waals surface area contributed by atoms with Crippen molar-refractivity contribution in [1.82, 2.24) is 15.0 Å². The molecule has 4 aliphatic carbocycles. The summed E-state index contributed by atoms with van der Waals surface area (Å²) in [6, 6.07) is 0. The van der Waals surface area contributed by atoms with E-state index in [1.165, 1.54) is 38.5 Å². The molecule has 5 heteroatoms. The van der Waals surface area contributed by atoms with Crippen LogP contribution in [0, 0.1) is 40.4 Å². The SMILES string of the molecule is C[C@@]1(O)CC[C@@]2(C)[C@H](CC[C@@H]3[C@@H]2CC[C@]2(C)[C@@H](C(=O)Cn4nccn4)CC[C@@H]32)C1. The summed E-state index contributed by atoms with van der Waals surface area (Å²) in [5.74, 6) is 3.38. The van der Waals surface area contributed by atoms with Gasteiger partial charge in [-0.2, -0.15) is 15.0 Å². The van der Waals surface area contributed by atoms with Crippen molar-refractivity contribution in [2.24, 2.45) is 40.4 Å². The van der Waals surface area contributed by atoms with Gasteiger partial charge in [0.05, 0.1) is 18.0 Å². The van der Waals surface area contributed by atoms with Crippen molar-refractivity contribution in [2.45, 2.75) is 90.7 Å². The highest BCUT2D eigenvalue weighted by Gasteiger charge is 2.61. The third-order valence-corrected chi connectivity index (χ3v) is 10.1. The van der Waals surface area contributed by atoms with Gasteiger partial charge in [0.2, 0.25) is 0 Å². The van der Waals surface area contributed by atoms with Crippen LogP contribution in [0.3, 0.4) is 0 Å². The summed E-state index contributed by atoms with van der Waals surface area (Å²) >= 11 is 0. The topological polar surface area (TPSA) is 68.0 Å². The predicted octanol–water partition coefficient (Wildman–Crippen LogP) is 4.26. The molecule has 4 aliphatic rings. The molecule has 0 aliphatic heterocycles. The summed E-state index contributed by atoms with van der Waals surface area (Å²) in [6.07, 6.45) is 13.6. The predicted molar refractivity (Wildman–Crippen MR) is 111 cm³/mol. The van der Waals surface area contributed by atoms with E-state index < -0.39 is 5.60 Å². The molecule has 8 atom stereocenters. The molecule has 5 rings (SSSR count). The van der Waals surface area contributed by atoms with Gasteiger partial charge in [-0.15, -0.1) is 0 Å². The third-order valence-electron chi connectivity index (χ3n) is 10.1. The van der Waals surface area contributed by atoms with Crippen LogP contribution in [0.1, 0.15) is 78.6 Å². The maximum atomic E-state index is 13.2. The molecule has 1 aromatic heterocycles. The second-order valence-electron chi connectivity index (χ2n) is 11.6. The molecule has 0 unspecified atom stereocenters. The van der Waals surface area contributed by atoms with Crippen LogP contribution in [-0.4, -0.2) is 31.5 Å². The molecule has 0 aromatic carbocycles. The standard InChI is InChI=1S/C24H37N3O2/c1-22(29)10-11-23(2)16(14-22)4-5-17-18-6-7-20(24(18,3)9-8-19(17)23)21(28)15-27-25-12-13-26-27/h12-13,16-20,29H,4-11,14-15H2,1-3H3/t16-,17+,18+,19+,20-,22-,23+,24+/m1/s1. The Kier molecular flexibility index (Phi) is 4.51. The summed E-state index contributed by atoms with van der Waals surface area (Å²) in [4.78, 5) is 14.7. The van der Waals surface area contributed by atoms with Gasteiger partial charge >= 0.3 is 0 Å². The van der Waals surface area contributed by atoms with Gasteiger partial charge in [0, 0.05) is 5.92 Å². The Hall–Kier alpha value is -1.23. The van der Waals surface area contributed by atoms with Gasteiger partial charge in [-0.05, 0) is 99.2 Å². The Bertz CT molecular complexity index is 775. The lowest BCUT2D eigenvalue weighted by atomic mass is 9.44. The number of fused-ring (bicyclic) bond motifs is 5. The quantitative estimate of drug-likeness (QED) is 0.825. The van der Waals surface area contributed by atoms with Gasteiger partial charge in [0.25, 0.3) is 0 Å². The fraction of sp³-hybridized carbons (Fsp3) is 0.875. The lowest BCUT2D eigenvalue weighted by molar-refractivity contribution is -0.151. The van der Waals surface area contributed by atoms with E-state index in [2.05, 4.69) is 24.0 Å². The molecule has 4 saturated carbocycles. The van der Waals surface area contributed by atoms with Gasteiger partial charge in [-0.25, -0.2) is 0 Å². The Morgan fingerprint density at radius 2 is 1.69 bits per heavy atom. The first kappa shape index (κ1) is 19.7. The molecule has 29 heavy (non-hydrogen) atoms. The monoisotopic (exact) mass is 399 g/mol. The molecule has 0 bridgehead atoms. The maximum absolute atomic E-state index is 13.2. The van der Waals surface area contributed by atoms with Gasteiger partial charge < -0.3 is 5.11 Å². The van der Waals surface area contributed by atoms with Gasteiger partial charge in [-0.1, -0.05) is 13.8 Å². The van der Waals surface area contributed by atoms with Crippen LogP contribution < -0.4 is 0 Å². The average Bonchev–Trinajstić information content (AvgIpc) is 3.29. The van der Waals surface area contributed by atoms with Crippen LogP contribution in [0.4, 0.5) is 0 Å². The van der Waals surface area contributed by atoms with Crippen molar-refractivity contribution >= 4 is 5.78 Å². The smallest absolute Gasteiger partial charge is 0.159 e. The highest BCUT2D eigenvalue weighted by molar-refractivity contribution is 5.81. The van der Waals surface area contributed by atoms with Crippen molar-refractivity contribution in [3.8, 4) is 0 Å². The number of carbonyl (C=O) groups excluding carboxylic acids is 1. The molecule has 0 radical (unpaired) electrons. The summed E-state index contributed by atoms with van der Waals surface area (Å²) in [6.45, 7) is 7.31. The fourth-order valence-electron chi connectivity index (χ4n) is 8.53. The molecular weight excluding hydrogens is 362 g/mol. The van der Waals surface area contributed by atoms with E-state index in [0.717, 1.165) is 31.1 Å². The molecule has 1 heterocycles. The van der Waals surface area contributed by atoms with E-state index in [9.17, 15) is 9.90 Å². The lowest BCUT2D eigenvalue weighted by Crippen LogP contribution is -2.55. The van der Waals surface area contributed by atoms with Crippen molar-refractivity contribution in [2.75, 3.05) is 0 Å². The first-order valence-electron chi connectivity index (χ1n) is 11.8. The Balaban J connectivity index is 1.36. The zero-order valence-corrected chi connectivity index (χ0v) is 18.3. The second-order valence-corrected chi connectivity index (χ2v) is 11.6. The second kappa shape index (κ2) is 6.63. The average molecular weight is 400 g/mol. The molecule has 0 amide bonds. The van der Waals surface area contributed by atoms with E-state index in [-0.39, 0.29) is 11.3 Å². The normalized spacial score (nSPS) is 49.2. The number of aliphatic hydroxyl groups is 1. The van der Waals surface area contributed by atoms with Gasteiger partial charge in [-0.3, -0.25) is 4.79 Å². The number of Topliss-reactive ketones (excluding diaryl/α,β-unsaturated/α-hetero) is 1. The van der Waals surface area contributed by atoms with E-state index in [1.807, 2.05) is 6.92 Å². The molecule has 5 nitrogen and oxygen atoms in total. The lowest BCUT2D eigenvalue weighted by Gasteiger charge is -2.61. The minimum absolute atomic E-state index is 0.148. The number of nitrogens with zero attached hydrogens (tertiary/aromatic N) is 3. The van der Waals surface area contributed by atoms with Crippen LogP contribution in [0.2, 0.25) is 0 Å². The van der Waals surface area contributed by atoms with Gasteiger partial charge in [0.15, 0.2) is 5.78 Å². The van der Waals surface area contributed by atoms with Crippen LogP contribution in [0.15, 0.2) is 12.4 Å². The zero-order chi connectivity index (χ0) is 20.4. The number of carbonyl (C=O) groups is 1. The molecule has 0 spiro atoms. The number of rotatable bonds is 3. The summed E-state index contributed by atoms with van der Waals surface area (Å²) in [7, 11) is 0. The van der Waals surface area contributed by atoms with E-state index in [4.69, 9.17) is 0 Å². The molecule has 1 N–H and O–H groups in total. The molecule has 0 saturated heterocycles. The summed E-state index contributed by atoms with van der Waals surface area (Å²) in [5, 5.41) is 19.0. The number of aromatic nitrogens is 3. The van der Waals surface area contributed by atoms with Crippen LogP contribution in [-0.2, 0) is 11.3 Å². The van der Waals surface area contributed by atoms with Gasteiger partial charge in [0.1, 0.15) is 6.54 Å². The summed E-state index contributed by atoms with van der Waals surface area (Å²) in [5.41, 5.74) is 0.0634. The van der Waals surface area contributed by atoms with Crippen LogP contribution in [0.5, 0.6) is 0 Å². The van der Waals surface area contributed by atoms with Crippen molar-refractivity contribution in [1.29, 1.82) is 0 Å². The van der Waals surface area contributed by atoms with E-state index >= 15 is 0 Å². The van der Waals surface area contributed by atoms with E-state index in [1.54, 1.807) is 17.2 Å². The maximum Gasteiger partial charge on any atom is 0.159 e. The minimum Gasteiger partial charge on any atom is -0.390 e. The molecule has 160 valence electrons. The highest BCUT2D eigenvalue weighted by Crippen LogP contribution is 2.68. The zero-order valence-electron chi connectivity index (χ0n) is 18.3. The van der Waals surface area contributed by atoms with Crippen molar-refractivity contribution in [3.63, 3.8) is 0 Å². The van der Waals surface area contributed by atoms with E-state index in [0.29, 0.717) is 29.6 Å². The van der Waals surface area contributed by atoms with Crippen LogP contribution >= 0.6 is 0 Å². The third kappa shape index (κ3) is 3.02. The first-order chi connectivity index (χ1) is 13.7. The minimum atomic E-state index is -0.467.